The molecular formula is C29H40O6. The van der Waals surface area contributed by atoms with Crippen molar-refractivity contribution in [1.29, 1.82) is 0 Å². The van der Waals surface area contributed by atoms with Gasteiger partial charge in [0.25, 0.3) is 0 Å². The normalized spacial score (nSPS) is 34.5. The van der Waals surface area contributed by atoms with E-state index in [2.05, 4.69) is 38.1 Å². The van der Waals surface area contributed by atoms with E-state index in [9.17, 15) is 10.2 Å². The predicted molar refractivity (Wildman–Crippen MR) is 134 cm³/mol. The molecule has 4 rings (SSSR count). The number of benzene rings is 2. The highest BCUT2D eigenvalue weighted by atomic mass is 16.7. The van der Waals surface area contributed by atoms with Gasteiger partial charge in [-0.2, -0.15) is 0 Å². The van der Waals surface area contributed by atoms with Crippen molar-refractivity contribution >= 4 is 0 Å². The fraction of sp³-hybridized carbons (Fsp3) is 0.586. The molecule has 2 aromatic rings. The molecule has 35 heavy (non-hydrogen) atoms. The minimum Gasteiger partial charge on any atom is -0.396 e. The molecule has 6 heteroatoms. The number of rotatable bonds is 6. The predicted octanol–water partition coefficient (Wildman–Crippen LogP) is 4.47. The van der Waals surface area contributed by atoms with E-state index in [1.165, 1.54) is 0 Å². The second-order valence-electron chi connectivity index (χ2n) is 10.3. The lowest BCUT2D eigenvalue weighted by molar-refractivity contribution is -0.335. The highest BCUT2D eigenvalue weighted by Crippen LogP contribution is 2.47. The van der Waals surface area contributed by atoms with E-state index in [0.29, 0.717) is 39.5 Å². The van der Waals surface area contributed by atoms with Gasteiger partial charge in [-0.3, -0.25) is 0 Å². The first-order chi connectivity index (χ1) is 17.0. The van der Waals surface area contributed by atoms with Gasteiger partial charge in [-0.25, -0.2) is 0 Å². The Morgan fingerprint density at radius 2 is 1.29 bits per heavy atom. The quantitative estimate of drug-likeness (QED) is 0.630. The monoisotopic (exact) mass is 484 g/mol. The van der Waals surface area contributed by atoms with Gasteiger partial charge in [-0.05, 0) is 24.0 Å². The van der Waals surface area contributed by atoms with Crippen LogP contribution in [0.15, 0.2) is 60.7 Å². The molecule has 0 aliphatic carbocycles. The molecule has 2 saturated heterocycles. The zero-order valence-corrected chi connectivity index (χ0v) is 21.0. The Morgan fingerprint density at radius 3 is 1.83 bits per heavy atom. The van der Waals surface area contributed by atoms with E-state index in [1.54, 1.807) is 0 Å². The summed E-state index contributed by atoms with van der Waals surface area (Å²) in [6.07, 6.45) is 1.69. The summed E-state index contributed by atoms with van der Waals surface area (Å²) >= 11 is 0. The van der Waals surface area contributed by atoms with E-state index in [-0.39, 0.29) is 25.2 Å². The maximum atomic E-state index is 10.3. The molecule has 0 saturated carbocycles. The Morgan fingerprint density at radius 1 is 0.743 bits per heavy atom. The van der Waals surface area contributed by atoms with Gasteiger partial charge in [-0.1, -0.05) is 74.5 Å². The first-order valence-corrected chi connectivity index (χ1v) is 12.8. The summed E-state index contributed by atoms with van der Waals surface area (Å²) in [7, 11) is 0. The molecule has 0 radical (unpaired) electrons. The Bertz CT molecular complexity index is 884. The Hall–Kier alpha value is -1.80. The van der Waals surface area contributed by atoms with Gasteiger partial charge in [-0.15, -0.1) is 0 Å². The van der Waals surface area contributed by atoms with E-state index in [4.69, 9.17) is 18.9 Å². The van der Waals surface area contributed by atoms with Gasteiger partial charge >= 0.3 is 0 Å². The topological polar surface area (TPSA) is 77.4 Å². The number of hydrogen-bond donors (Lipinski definition) is 2. The van der Waals surface area contributed by atoms with Crippen LogP contribution >= 0.6 is 0 Å². The third-order valence-corrected chi connectivity index (χ3v) is 8.07. The minimum absolute atomic E-state index is 0.00528. The lowest BCUT2D eigenvalue weighted by Gasteiger charge is -2.50. The maximum Gasteiger partial charge on any atom is 0.180 e. The van der Waals surface area contributed by atoms with Crippen LogP contribution in [0.2, 0.25) is 0 Å². The molecule has 2 aliphatic heterocycles. The summed E-state index contributed by atoms with van der Waals surface area (Å²) in [5.74, 6) is -1.19. The highest BCUT2D eigenvalue weighted by molar-refractivity contribution is 5.24. The van der Waals surface area contributed by atoms with Crippen molar-refractivity contribution in [1.82, 2.24) is 0 Å². The summed E-state index contributed by atoms with van der Waals surface area (Å²) in [6.45, 7) is 6.09. The van der Waals surface area contributed by atoms with E-state index in [1.807, 2.05) is 36.4 Å². The molecule has 6 nitrogen and oxygen atoms in total. The van der Waals surface area contributed by atoms with Crippen LogP contribution in [-0.2, 0) is 18.9 Å². The fourth-order valence-corrected chi connectivity index (χ4v) is 4.98. The largest absolute Gasteiger partial charge is 0.396 e. The average molecular weight is 485 g/mol. The molecule has 2 fully saturated rings. The number of hydrogen-bond acceptors (Lipinski definition) is 6. The first kappa shape index (κ1) is 26.3. The van der Waals surface area contributed by atoms with E-state index in [0.717, 1.165) is 24.0 Å². The number of ether oxygens (including phenoxy) is 4. The lowest BCUT2D eigenvalue weighted by Crippen LogP contribution is -2.56. The van der Waals surface area contributed by atoms with Crippen LogP contribution < -0.4 is 0 Å². The number of aliphatic hydroxyl groups is 2. The van der Waals surface area contributed by atoms with Gasteiger partial charge in [0, 0.05) is 17.3 Å². The molecule has 192 valence electrons. The fourth-order valence-electron chi connectivity index (χ4n) is 4.98. The molecule has 0 aromatic heterocycles. The summed E-state index contributed by atoms with van der Waals surface area (Å²) in [6, 6.07) is 20.4. The van der Waals surface area contributed by atoms with Crippen molar-refractivity contribution < 1.29 is 29.2 Å². The lowest BCUT2D eigenvalue weighted by atomic mass is 9.81. The van der Waals surface area contributed by atoms with Crippen molar-refractivity contribution in [3.05, 3.63) is 71.8 Å². The van der Waals surface area contributed by atoms with E-state index >= 15 is 0 Å². The number of aliphatic hydroxyl groups excluding tert-OH is 2. The smallest absolute Gasteiger partial charge is 0.180 e. The van der Waals surface area contributed by atoms with Gasteiger partial charge in [0.1, 0.15) is 0 Å². The summed E-state index contributed by atoms with van der Waals surface area (Å²) in [4.78, 5) is 0. The van der Waals surface area contributed by atoms with Crippen LogP contribution in [0.4, 0.5) is 0 Å². The molecule has 2 aromatic carbocycles. The summed E-state index contributed by atoms with van der Waals surface area (Å²) in [5.41, 5.74) is 1.23. The van der Waals surface area contributed by atoms with Crippen molar-refractivity contribution in [3.8, 4) is 0 Å². The maximum absolute atomic E-state index is 10.3. The van der Waals surface area contributed by atoms with Crippen molar-refractivity contribution in [3.63, 3.8) is 0 Å². The van der Waals surface area contributed by atoms with Crippen molar-refractivity contribution in [2.24, 2.45) is 10.8 Å². The van der Waals surface area contributed by atoms with Gasteiger partial charge in [0.15, 0.2) is 5.79 Å². The van der Waals surface area contributed by atoms with E-state index < -0.39 is 16.6 Å². The molecule has 0 amide bonds. The molecular weight excluding hydrogens is 444 g/mol. The van der Waals surface area contributed by atoms with Crippen LogP contribution in [-0.4, -0.2) is 62.2 Å². The van der Waals surface area contributed by atoms with Crippen LogP contribution in [0.3, 0.4) is 0 Å². The van der Waals surface area contributed by atoms with Crippen LogP contribution in [0.25, 0.3) is 0 Å². The zero-order chi connectivity index (χ0) is 24.8. The third kappa shape index (κ3) is 5.63. The first-order valence-electron chi connectivity index (χ1n) is 12.8. The summed E-state index contributed by atoms with van der Waals surface area (Å²) < 4.78 is 26.2. The molecule has 3 unspecified atom stereocenters. The average Bonchev–Trinajstić information content (AvgIpc) is 2.93. The van der Waals surface area contributed by atoms with Crippen LogP contribution in [0.1, 0.15) is 56.3 Å². The Labute approximate surface area is 209 Å². The molecule has 2 heterocycles. The van der Waals surface area contributed by atoms with Crippen LogP contribution in [0, 0.1) is 10.8 Å². The summed E-state index contributed by atoms with van der Waals surface area (Å²) in [5, 5.41) is 20.4. The van der Waals surface area contributed by atoms with Gasteiger partial charge in [0.2, 0.25) is 0 Å². The molecule has 1 spiro atoms. The highest BCUT2D eigenvalue weighted by Gasteiger charge is 2.51. The van der Waals surface area contributed by atoms with Gasteiger partial charge in [0.05, 0.1) is 58.3 Å². The SMILES string of the molecule is CCC1(CO)COCC(c2ccccc2)C2(CC(c3ccccc3)OC1)OCC(CC)(CO)CO2. The van der Waals surface area contributed by atoms with Gasteiger partial charge < -0.3 is 29.2 Å². The minimum atomic E-state index is -0.985. The third-order valence-electron chi connectivity index (χ3n) is 8.07. The second kappa shape index (κ2) is 11.5. The Kier molecular flexibility index (Phi) is 8.63. The molecule has 3 atom stereocenters. The Balaban J connectivity index is 1.76. The molecule has 2 N–H and O–H groups in total. The standard InChI is InChI=1S/C29H40O6/c1-3-27(17-30)19-32-16-25(23-11-7-5-8-12-23)29(34-21-28(4-2,18-31)22-35-29)15-26(33-20-27)24-13-9-6-10-14-24/h5-14,25-26,30-31H,3-4,15-22H2,1-2H3. The van der Waals surface area contributed by atoms with Crippen molar-refractivity contribution in [2.45, 2.75) is 50.9 Å². The van der Waals surface area contributed by atoms with Crippen molar-refractivity contribution in [2.75, 3.05) is 46.2 Å². The zero-order valence-electron chi connectivity index (χ0n) is 21.0. The van der Waals surface area contributed by atoms with Crippen LogP contribution in [0.5, 0.6) is 0 Å². The molecule has 0 bridgehead atoms. The molecule has 2 aliphatic rings. The second-order valence-corrected chi connectivity index (χ2v) is 10.3.